The summed E-state index contributed by atoms with van der Waals surface area (Å²) in [6, 6.07) is 0. The maximum absolute atomic E-state index is 10.2. The molecule has 1 aliphatic rings. The molecule has 0 N–H and O–H groups in total. The topological polar surface area (TPSA) is 26.3 Å². The van der Waals surface area contributed by atoms with Crippen LogP contribution in [0.15, 0.2) is 5.57 Å². The van der Waals surface area contributed by atoms with Gasteiger partial charge in [0.25, 0.3) is 0 Å². The van der Waals surface area contributed by atoms with Gasteiger partial charge >= 0.3 is 5.97 Å². The Hall–Kier alpha value is -0.790. The summed E-state index contributed by atoms with van der Waals surface area (Å²) in [6.45, 7) is 5.58. The van der Waals surface area contributed by atoms with Crippen LogP contribution in [-0.2, 0) is 9.53 Å². The zero-order valence-electron chi connectivity index (χ0n) is 3.81. The van der Waals surface area contributed by atoms with Crippen LogP contribution >= 0.6 is 0 Å². The van der Waals surface area contributed by atoms with Crippen molar-refractivity contribution < 1.29 is 9.53 Å². The van der Waals surface area contributed by atoms with Crippen molar-refractivity contribution in [2.45, 2.75) is 6.42 Å². The molecule has 0 aromatic heterocycles. The maximum atomic E-state index is 10.2. The van der Waals surface area contributed by atoms with Gasteiger partial charge in [-0.25, -0.2) is 4.79 Å². The van der Waals surface area contributed by atoms with E-state index in [4.69, 9.17) is 6.58 Å². The number of rotatable bonds is 0. The fourth-order valence-corrected chi connectivity index (χ4v) is 0.448. The molecule has 0 unspecified atom stereocenters. The van der Waals surface area contributed by atoms with Crippen molar-refractivity contribution in [2.24, 2.45) is 0 Å². The molecule has 37 valence electrons. The Kier molecular flexibility index (Phi) is 0.855. The monoisotopic (exact) mass is 97.0 g/mol. The van der Waals surface area contributed by atoms with Gasteiger partial charge in [0.2, 0.25) is 0 Å². The standard InChI is InChI=1S/C5H5O2/c1-4-2-3-7-5(4)6/h1H,2-3H2. The van der Waals surface area contributed by atoms with Crippen molar-refractivity contribution in [3.8, 4) is 0 Å². The molecule has 1 fully saturated rings. The molecule has 0 aliphatic carbocycles. The second-order valence-electron chi connectivity index (χ2n) is 1.41. The van der Waals surface area contributed by atoms with Crippen LogP contribution in [0.1, 0.15) is 6.42 Å². The molecule has 0 spiro atoms. The quantitative estimate of drug-likeness (QED) is 0.321. The van der Waals surface area contributed by atoms with Crippen molar-refractivity contribution in [2.75, 3.05) is 6.61 Å². The van der Waals surface area contributed by atoms with E-state index in [-0.39, 0.29) is 5.97 Å². The SMILES string of the molecule is [CH]=C1CCOC1=O. The molecule has 1 saturated heterocycles. The van der Waals surface area contributed by atoms with E-state index < -0.39 is 0 Å². The molecule has 0 atom stereocenters. The predicted octanol–water partition coefficient (Wildman–Crippen LogP) is 0.293. The molecule has 2 nitrogen and oxygen atoms in total. The lowest BCUT2D eigenvalue weighted by Crippen LogP contribution is -1.91. The molecule has 0 saturated carbocycles. The number of hydrogen-bond acceptors (Lipinski definition) is 2. The van der Waals surface area contributed by atoms with Gasteiger partial charge in [0.05, 0.1) is 6.61 Å². The second-order valence-corrected chi connectivity index (χ2v) is 1.41. The normalized spacial score (nSPS) is 20.0. The molecular weight excluding hydrogens is 92.1 g/mol. The van der Waals surface area contributed by atoms with Crippen molar-refractivity contribution in [1.29, 1.82) is 0 Å². The zero-order valence-corrected chi connectivity index (χ0v) is 3.81. The number of carbonyl (C=O) groups is 1. The minimum absolute atomic E-state index is 0.347. The lowest BCUT2D eigenvalue weighted by atomic mass is 10.3. The maximum Gasteiger partial charge on any atom is 0.334 e. The Morgan fingerprint density at radius 3 is 2.57 bits per heavy atom. The van der Waals surface area contributed by atoms with E-state index in [1.165, 1.54) is 0 Å². The minimum Gasteiger partial charge on any atom is -0.462 e. The number of hydrogen-bond donors (Lipinski definition) is 0. The average molecular weight is 97.1 g/mol. The number of esters is 1. The van der Waals surface area contributed by atoms with Gasteiger partial charge in [-0.15, -0.1) is 0 Å². The van der Waals surface area contributed by atoms with Gasteiger partial charge in [0, 0.05) is 12.0 Å². The first-order valence-electron chi connectivity index (χ1n) is 2.09. The predicted molar refractivity (Wildman–Crippen MR) is 23.4 cm³/mol. The van der Waals surface area contributed by atoms with Crippen LogP contribution < -0.4 is 0 Å². The molecule has 0 bridgehead atoms. The molecule has 1 radical (unpaired) electrons. The van der Waals surface area contributed by atoms with Gasteiger partial charge in [0.15, 0.2) is 0 Å². The van der Waals surface area contributed by atoms with Crippen LogP contribution in [0, 0.1) is 6.58 Å². The highest BCUT2D eigenvalue weighted by Gasteiger charge is 2.14. The molecule has 1 rings (SSSR count). The molecule has 7 heavy (non-hydrogen) atoms. The molecule has 0 aromatic rings. The van der Waals surface area contributed by atoms with E-state index in [9.17, 15) is 4.79 Å². The second kappa shape index (κ2) is 1.37. The molecule has 1 heterocycles. The van der Waals surface area contributed by atoms with E-state index in [1.54, 1.807) is 0 Å². The first-order chi connectivity index (χ1) is 3.30. The van der Waals surface area contributed by atoms with Crippen LogP contribution in [0.4, 0.5) is 0 Å². The van der Waals surface area contributed by atoms with E-state index in [2.05, 4.69) is 4.74 Å². The first kappa shape index (κ1) is 4.37. The zero-order chi connectivity index (χ0) is 5.28. The molecule has 0 aromatic carbocycles. The summed E-state index contributed by atoms with van der Waals surface area (Å²) in [5.74, 6) is -0.347. The molecule has 0 amide bonds. The minimum atomic E-state index is -0.347. The first-order valence-corrected chi connectivity index (χ1v) is 2.09. The summed E-state index contributed by atoms with van der Waals surface area (Å²) in [5.41, 5.74) is 0.347. The largest absolute Gasteiger partial charge is 0.462 e. The van der Waals surface area contributed by atoms with E-state index in [1.807, 2.05) is 0 Å². The number of carbonyl (C=O) groups excluding carboxylic acids is 1. The van der Waals surface area contributed by atoms with Gasteiger partial charge in [-0.05, 0) is 0 Å². The van der Waals surface area contributed by atoms with Gasteiger partial charge in [-0.1, -0.05) is 6.58 Å². The Labute approximate surface area is 41.8 Å². The van der Waals surface area contributed by atoms with Crippen LogP contribution in [0.2, 0.25) is 0 Å². The Morgan fingerprint density at radius 2 is 2.43 bits per heavy atom. The third-order valence-corrected chi connectivity index (χ3v) is 0.867. The van der Waals surface area contributed by atoms with Crippen molar-refractivity contribution in [3.05, 3.63) is 12.2 Å². The lowest BCUT2D eigenvalue weighted by molar-refractivity contribution is -0.135. The average Bonchev–Trinajstić information content (AvgIpc) is 1.91. The summed E-state index contributed by atoms with van der Waals surface area (Å²) in [7, 11) is 0. The molecule has 2 heteroatoms. The molecular formula is C5H5O2. The van der Waals surface area contributed by atoms with Gasteiger partial charge in [-0.2, -0.15) is 0 Å². The third-order valence-electron chi connectivity index (χ3n) is 0.867. The van der Waals surface area contributed by atoms with Crippen LogP contribution in [0.25, 0.3) is 0 Å². The van der Waals surface area contributed by atoms with Gasteiger partial charge in [0.1, 0.15) is 0 Å². The van der Waals surface area contributed by atoms with E-state index in [0.717, 1.165) is 0 Å². The molecule has 1 aliphatic heterocycles. The number of ether oxygens (including phenoxy) is 1. The van der Waals surface area contributed by atoms with Gasteiger partial charge < -0.3 is 4.74 Å². The highest BCUT2D eigenvalue weighted by molar-refractivity contribution is 5.88. The smallest absolute Gasteiger partial charge is 0.334 e. The third kappa shape index (κ3) is 0.633. The van der Waals surface area contributed by atoms with E-state index in [0.29, 0.717) is 18.6 Å². The van der Waals surface area contributed by atoms with Crippen molar-refractivity contribution in [3.63, 3.8) is 0 Å². The fraction of sp³-hybridized carbons (Fsp3) is 0.400. The Morgan fingerprint density at radius 1 is 1.71 bits per heavy atom. The highest BCUT2D eigenvalue weighted by Crippen LogP contribution is 2.08. The summed E-state index contributed by atoms with van der Waals surface area (Å²) in [5, 5.41) is 0. The van der Waals surface area contributed by atoms with Crippen LogP contribution in [0.3, 0.4) is 0 Å². The lowest BCUT2D eigenvalue weighted by Gasteiger charge is -1.82. The van der Waals surface area contributed by atoms with Crippen molar-refractivity contribution in [1.82, 2.24) is 0 Å². The van der Waals surface area contributed by atoms with Crippen LogP contribution in [0.5, 0.6) is 0 Å². The number of cyclic esters (lactones) is 1. The summed E-state index contributed by atoms with van der Waals surface area (Å²) >= 11 is 0. The van der Waals surface area contributed by atoms with E-state index >= 15 is 0 Å². The van der Waals surface area contributed by atoms with Gasteiger partial charge in [-0.3, -0.25) is 0 Å². The summed E-state index contributed by atoms with van der Waals surface area (Å²) < 4.78 is 4.46. The van der Waals surface area contributed by atoms with Crippen molar-refractivity contribution >= 4 is 5.97 Å². The fourth-order valence-electron chi connectivity index (χ4n) is 0.448. The Balaban J connectivity index is 2.65. The summed E-state index contributed by atoms with van der Waals surface area (Å²) in [6.07, 6.45) is 0.596. The van der Waals surface area contributed by atoms with Crippen LogP contribution in [-0.4, -0.2) is 12.6 Å². The summed E-state index contributed by atoms with van der Waals surface area (Å²) in [4.78, 5) is 10.2. The Bertz CT molecular complexity index is 101. The highest BCUT2D eigenvalue weighted by atomic mass is 16.5.